The number of aliphatic hydroxyl groups is 1. The SMILES string of the molecule is O=C(CCc1ccco1)NC(CO)C(=O)O. The summed E-state index contributed by atoms with van der Waals surface area (Å²) in [4.78, 5) is 21.8. The summed E-state index contributed by atoms with van der Waals surface area (Å²) in [5, 5.41) is 19.5. The van der Waals surface area contributed by atoms with Crippen LogP contribution in [0.5, 0.6) is 0 Å². The summed E-state index contributed by atoms with van der Waals surface area (Å²) in [7, 11) is 0. The first-order valence-electron chi connectivity index (χ1n) is 4.79. The predicted octanol–water partition coefficient (Wildman–Crippen LogP) is -0.226. The lowest BCUT2D eigenvalue weighted by Crippen LogP contribution is -2.43. The fourth-order valence-electron chi connectivity index (χ4n) is 1.14. The maximum absolute atomic E-state index is 11.3. The van der Waals surface area contributed by atoms with Crippen LogP contribution in [0.1, 0.15) is 12.2 Å². The molecule has 1 aromatic heterocycles. The first-order valence-corrected chi connectivity index (χ1v) is 4.79. The van der Waals surface area contributed by atoms with E-state index in [0.717, 1.165) is 0 Å². The molecule has 0 aromatic carbocycles. The van der Waals surface area contributed by atoms with Crippen LogP contribution in [0.25, 0.3) is 0 Å². The third-order valence-corrected chi connectivity index (χ3v) is 1.99. The minimum absolute atomic E-state index is 0.122. The van der Waals surface area contributed by atoms with Gasteiger partial charge in [0.05, 0.1) is 12.9 Å². The lowest BCUT2D eigenvalue weighted by molar-refractivity contribution is -0.142. The average Bonchev–Trinajstić information content (AvgIpc) is 2.75. The summed E-state index contributed by atoms with van der Waals surface area (Å²) in [5.74, 6) is -1.03. The molecule has 1 amide bonds. The second-order valence-electron chi connectivity index (χ2n) is 3.22. The van der Waals surface area contributed by atoms with Gasteiger partial charge in [0.2, 0.25) is 5.91 Å². The molecule has 0 aliphatic carbocycles. The molecule has 16 heavy (non-hydrogen) atoms. The van der Waals surface area contributed by atoms with Crippen molar-refractivity contribution in [3.63, 3.8) is 0 Å². The van der Waals surface area contributed by atoms with Crippen molar-refractivity contribution in [2.75, 3.05) is 6.61 Å². The summed E-state index contributed by atoms with van der Waals surface area (Å²) < 4.78 is 5.02. The molecule has 0 fully saturated rings. The molecule has 88 valence electrons. The number of carboxylic acids is 1. The van der Waals surface area contributed by atoms with Gasteiger partial charge < -0.3 is 19.9 Å². The average molecular weight is 227 g/mol. The largest absolute Gasteiger partial charge is 0.480 e. The third-order valence-electron chi connectivity index (χ3n) is 1.99. The third kappa shape index (κ3) is 3.74. The van der Waals surface area contributed by atoms with Crippen molar-refractivity contribution in [3.05, 3.63) is 24.2 Å². The molecule has 0 radical (unpaired) electrons. The normalized spacial score (nSPS) is 12.1. The number of hydrogen-bond donors (Lipinski definition) is 3. The standard InChI is InChI=1S/C10H13NO5/c12-6-8(10(14)15)11-9(13)4-3-7-2-1-5-16-7/h1-2,5,8,12H,3-4,6H2,(H,11,13)(H,14,15). The molecule has 0 aliphatic rings. The summed E-state index contributed by atoms with van der Waals surface area (Å²) in [6.07, 6.45) is 2.02. The van der Waals surface area contributed by atoms with Crippen molar-refractivity contribution in [1.29, 1.82) is 0 Å². The van der Waals surface area contributed by atoms with Crippen molar-refractivity contribution in [2.45, 2.75) is 18.9 Å². The van der Waals surface area contributed by atoms with Gasteiger partial charge in [-0.25, -0.2) is 4.79 Å². The molecule has 1 heterocycles. The Morgan fingerprint density at radius 3 is 2.75 bits per heavy atom. The Balaban J connectivity index is 2.33. The van der Waals surface area contributed by atoms with Gasteiger partial charge >= 0.3 is 5.97 Å². The van der Waals surface area contributed by atoms with Crippen molar-refractivity contribution in [3.8, 4) is 0 Å². The number of aliphatic hydroxyl groups excluding tert-OH is 1. The lowest BCUT2D eigenvalue weighted by Gasteiger charge is -2.10. The van der Waals surface area contributed by atoms with Crippen LogP contribution in [-0.2, 0) is 16.0 Å². The second-order valence-corrected chi connectivity index (χ2v) is 3.22. The van der Waals surface area contributed by atoms with Crippen molar-refractivity contribution >= 4 is 11.9 Å². The van der Waals surface area contributed by atoms with Gasteiger partial charge in [0.1, 0.15) is 11.8 Å². The second kappa shape index (κ2) is 5.92. The van der Waals surface area contributed by atoms with E-state index in [0.29, 0.717) is 12.2 Å². The van der Waals surface area contributed by atoms with Gasteiger partial charge in [-0.3, -0.25) is 4.79 Å². The Morgan fingerprint density at radius 2 is 2.25 bits per heavy atom. The highest BCUT2D eigenvalue weighted by molar-refractivity contribution is 5.83. The Labute approximate surface area is 91.9 Å². The molecular weight excluding hydrogens is 214 g/mol. The van der Waals surface area contributed by atoms with Crippen LogP contribution < -0.4 is 5.32 Å². The number of nitrogens with one attached hydrogen (secondary N) is 1. The quantitative estimate of drug-likeness (QED) is 0.623. The van der Waals surface area contributed by atoms with E-state index in [1.807, 2.05) is 0 Å². The van der Waals surface area contributed by atoms with Gasteiger partial charge in [-0.2, -0.15) is 0 Å². The highest BCUT2D eigenvalue weighted by Gasteiger charge is 2.18. The molecule has 0 aliphatic heterocycles. The first kappa shape index (κ1) is 12.3. The zero-order valence-electron chi connectivity index (χ0n) is 8.55. The number of aliphatic carboxylic acids is 1. The molecule has 1 aromatic rings. The van der Waals surface area contributed by atoms with Crippen LogP contribution in [0.3, 0.4) is 0 Å². The van der Waals surface area contributed by atoms with E-state index >= 15 is 0 Å². The van der Waals surface area contributed by atoms with Crippen molar-refractivity contribution < 1.29 is 24.2 Å². The minimum atomic E-state index is -1.26. The number of furan rings is 1. The predicted molar refractivity (Wildman–Crippen MR) is 53.7 cm³/mol. The highest BCUT2D eigenvalue weighted by atomic mass is 16.4. The zero-order chi connectivity index (χ0) is 12.0. The summed E-state index contributed by atoms with van der Waals surface area (Å²) >= 11 is 0. The molecule has 1 atom stereocenters. The van der Waals surface area contributed by atoms with Crippen LogP contribution in [0, 0.1) is 0 Å². The zero-order valence-corrected chi connectivity index (χ0v) is 8.55. The van der Waals surface area contributed by atoms with E-state index in [1.165, 1.54) is 6.26 Å². The van der Waals surface area contributed by atoms with E-state index in [2.05, 4.69) is 5.32 Å². The van der Waals surface area contributed by atoms with Crippen LogP contribution in [0.15, 0.2) is 22.8 Å². The number of hydrogen-bond acceptors (Lipinski definition) is 4. The number of amides is 1. The van der Waals surface area contributed by atoms with E-state index in [4.69, 9.17) is 14.6 Å². The lowest BCUT2D eigenvalue weighted by atomic mass is 10.2. The van der Waals surface area contributed by atoms with Crippen LogP contribution in [0.2, 0.25) is 0 Å². The van der Waals surface area contributed by atoms with E-state index in [9.17, 15) is 9.59 Å². The van der Waals surface area contributed by atoms with Crippen molar-refractivity contribution in [1.82, 2.24) is 5.32 Å². The molecule has 6 heteroatoms. The van der Waals surface area contributed by atoms with E-state index in [-0.39, 0.29) is 6.42 Å². The topological polar surface area (TPSA) is 99.8 Å². The molecule has 0 spiro atoms. The van der Waals surface area contributed by atoms with Crippen LogP contribution in [-0.4, -0.2) is 34.7 Å². The van der Waals surface area contributed by atoms with Gasteiger partial charge in [-0.05, 0) is 12.1 Å². The molecule has 0 bridgehead atoms. The number of rotatable bonds is 6. The number of aryl methyl sites for hydroxylation is 1. The van der Waals surface area contributed by atoms with Gasteiger partial charge in [0.25, 0.3) is 0 Å². The molecule has 0 saturated carbocycles. The molecular formula is C10H13NO5. The highest BCUT2D eigenvalue weighted by Crippen LogP contribution is 2.03. The Bertz CT molecular complexity index is 346. The number of carbonyl (C=O) groups excluding carboxylic acids is 1. The van der Waals surface area contributed by atoms with Gasteiger partial charge in [0.15, 0.2) is 0 Å². The monoisotopic (exact) mass is 227 g/mol. The maximum Gasteiger partial charge on any atom is 0.328 e. The Hall–Kier alpha value is -1.82. The van der Waals surface area contributed by atoms with Crippen LogP contribution >= 0.6 is 0 Å². The van der Waals surface area contributed by atoms with Crippen LogP contribution in [0.4, 0.5) is 0 Å². The molecule has 0 saturated heterocycles. The fourth-order valence-corrected chi connectivity index (χ4v) is 1.14. The van der Waals surface area contributed by atoms with E-state index < -0.39 is 24.5 Å². The fraction of sp³-hybridized carbons (Fsp3) is 0.400. The number of carbonyl (C=O) groups is 2. The minimum Gasteiger partial charge on any atom is -0.480 e. The van der Waals surface area contributed by atoms with E-state index in [1.54, 1.807) is 12.1 Å². The molecule has 6 nitrogen and oxygen atoms in total. The summed E-state index contributed by atoms with van der Waals surface area (Å²) in [5.41, 5.74) is 0. The van der Waals surface area contributed by atoms with Gasteiger partial charge in [-0.15, -0.1) is 0 Å². The molecule has 1 rings (SSSR count). The first-order chi connectivity index (χ1) is 7.63. The molecule has 1 unspecified atom stereocenters. The summed E-state index contributed by atoms with van der Waals surface area (Å²) in [6.45, 7) is -0.623. The van der Waals surface area contributed by atoms with Gasteiger partial charge in [-0.1, -0.05) is 0 Å². The van der Waals surface area contributed by atoms with Crippen molar-refractivity contribution in [2.24, 2.45) is 0 Å². The smallest absolute Gasteiger partial charge is 0.328 e. The van der Waals surface area contributed by atoms with Gasteiger partial charge in [0, 0.05) is 12.8 Å². The maximum atomic E-state index is 11.3. The number of carboxylic acid groups (broad SMARTS) is 1. The Kier molecular flexibility index (Phi) is 4.53. The summed E-state index contributed by atoms with van der Waals surface area (Å²) in [6, 6.07) is 2.19. The molecule has 3 N–H and O–H groups in total. The Morgan fingerprint density at radius 1 is 1.50 bits per heavy atom.